The van der Waals surface area contributed by atoms with E-state index in [0.717, 1.165) is 10.3 Å². The molecule has 0 amide bonds. The molecule has 0 aliphatic carbocycles. The molecule has 0 bridgehead atoms. The molecule has 1 aromatic heterocycles. The molecule has 1 aliphatic rings. The van der Waals surface area contributed by atoms with Crippen LogP contribution in [0.25, 0.3) is 0 Å². The summed E-state index contributed by atoms with van der Waals surface area (Å²) in [6.45, 7) is 4.01. The number of aromatic nitrogens is 1. The van der Waals surface area contributed by atoms with E-state index in [4.69, 9.17) is 4.74 Å². The quantitative estimate of drug-likeness (QED) is 0.486. The molecule has 2 rings (SSSR count). The molecule has 5 nitrogen and oxygen atoms in total. The van der Waals surface area contributed by atoms with Gasteiger partial charge in [0.05, 0.1) is 0 Å². The Bertz CT molecular complexity index is 390. The number of anilines is 1. The molecular formula is C9H11N3O2. The molecule has 0 N–H and O–H groups in total. The zero-order chi connectivity index (χ0) is 10.1. The van der Waals surface area contributed by atoms with Gasteiger partial charge >= 0.3 is 5.82 Å². The van der Waals surface area contributed by atoms with Crippen LogP contribution in [0, 0.1) is 19.1 Å². The van der Waals surface area contributed by atoms with E-state index in [-0.39, 0.29) is 0 Å². The van der Waals surface area contributed by atoms with Crippen molar-refractivity contribution in [2.75, 3.05) is 11.7 Å². The summed E-state index contributed by atoms with van der Waals surface area (Å²) < 4.78 is 5.77. The molecule has 0 aromatic carbocycles. The van der Waals surface area contributed by atoms with E-state index in [1.165, 1.54) is 11.4 Å². The summed E-state index contributed by atoms with van der Waals surface area (Å²) in [5.74, 6) is 0.497. The Hall–Kier alpha value is -1.78. The number of hydrogen-bond donors (Lipinski definition) is 0. The van der Waals surface area contributed by atoms with Crippen LogP contribution in [0.1, 0.15) is 11.3 Å². The maximum absolute atomic E-state index is 11.7. The lowest BCUT2D eigenvalue weighted by molar-refractivity contribution is -0.599. The fourth-order valence-corrected chi connectivity index (χ4v) is 1.40. The third-order valence-corrected chi connectivity index (χ3v) is 2.04. The van der Waals surface area contributed by atoms with Crippen LogP contribution < -0.4 is 9.74 Å². The summed E-state index contributed by atoms with van der Waals surface area (Å²) in [5, 5.41) is 17.1. The highest BCUT2D eigenvalue weighted by atomic mass is 16.5. The Labute approximate surface area is 81.8 Å². The summed E-state index contributed by atoms with van der Waals surface area (Å²) in [6, 6.07) is 3.61. The summed E-state index contributed by atoms with van der Waals surface area (Å²) in [6.07, 6.45) is 1.33. The molecular weight excluding hydrogens is 182 g/mol. The molecule has 14 heavy (non-hydrogen) atoms. The van der Waals surface area contributed by atoms with Gasteiger partial charge in [0.25, 0.3) is 6.73 Å². The second kappa shape index (κ2) is 3.17. The van der Waals surface area contributed by atoms with E-state index in [9.17, 15) is 5.21 Å². The predicted molar refractivity (Wildman–Crippen MR) is 51.8 cm³/mol. The highest BCUT2D eigenvalue weighted by Gasteiger charge is 2.21. The van der Waals surface area contributed by atoms with Crippen molar-refractivity contribution in [2.24, 2.45) is 5.10 Å². The molecule has 1 aliphatic heterocycles. The van der Waals surface area contributed by atoms with Gasteiger partial charge in [-0.3, -0.25) is 0 Å². The Balaban J connectivity index is 2.46. The van der Waals surface area contributed by atoms with Crippen molar-refractivity contribution in [2.45, 2.75) is 13.8 Å². The van der Waals surface area contributed by atoms with Crippen molar-refractivity contribution in [1.82, 2.24) is 0 Å². The fourth-order valence-electron chi connectivity index (χ4n) is 1.40. The molecule has 0 radical (unpaired) electrons. The van der Waals surface area contributed by atoms with E-state index in [0.29, 0.717) is 18.2 Å². The lowest BCUT2D eigenvalue weighted by Crippen LogP contribution is -2.37. The van der Waals surface area contributed by atoms with Gasteiger partial charge in [-0.15, -0.1) is 0 Å². The van der Waals surface area contributed by atoms with Crippen LogP contribution in [0.15, 0.2) is 17.2 Å². The number of aryl methyl sites for hydroxylation is 2. The van der Waals surface area contributed by atoms with E-state index in [1.54, 1.807) is 13.0 Å². The van der Waals surface area contributed by atoms with E-state index < -0.39 is 0 Å². The highest BCUT2D eigenvalue weighted by molar-refractivity contribution is 5.53. The van der Waals surface area contributed by atoms with Crippen LogP contribution in [-0.4, -0.2) is 13.1 Å². The Morgan fingerprint density at radius 3 is 2.93 bits per heavy atom. The Morgan fingerprint density at radius 1 is 1.50 bits per heavy atom. The Kier molecular flexibility index (Phi) is 1.99. The molecule has 1 aromatic rings. The van der Waals surface area contributed by atoms with Gasteiger partial charge < -0.3 is 9.94 Å². The number of hydrazone groups is 1. The smallest absolute Gasteiger partial charge is 0.308 e. The molecule has 2 heterocycles. The van der Waals surface area contributed by atoms with Crippen molar-refractivity contribution in [1.29, 1.82) is 0 Å². The number of nitrogens with zero attached hydrogens (tertiary/aromatic N) is 3. The van der Waals surface area contributed by atoms with Crippen LogP contribution in [0.2, 0.25) is 0 Å². The molecule has 74 valence electrons. The summed E-state index contributed by atoms with van der Waals surface area (Å²) in [4.78, 5) is 0. The lowest BCUT2D eigenvalue weighted by Gasteiger charge is -2.14. The van der Waals surface area contributed by atoms with Gasteiger partial charge in [-0.2, -0.15) is 0 Å². The van der Waals surface area contributed by atoms with Gasteiger partial charge in [0.2, 0.25) is 6.40 Å². The van der Waals surface area contributed by atoms with Gasteiger partial charge in [0, 0.05) is 6.07 Å². The van der Waals surface area contributed by atoms with E-state index in [2.05, 4.69) is 5.10 Å². The molecule has 5 heteroatoms. The number of rotatable bonds is 1. The van der Waals surface area contributed by atoms with Crippen LogP contribution in [0.4, 0.5) is 5.82 Å². The summed E-state index contributed by atoms with van der Waals surface area (Å²) in [7, 11) is 0. The van der Waals surface area contributed by atoms with Gasteiger partial charge in [-0.05, 0) is 30.6 Å². The lowest BCUT2D eigenvalue weighted by atomic mass is 10.2. The van der Waals surface area contributed by atoms with Crippen molar-refractivity contribution in [3.63, 3.8) is 0 Å². The number of ether oxygens (including phenoxy) is 1. The number of pyridine rings is 1. The fraction of sp³-hybridized carbons (Fsp3) is 0.333. The minimum absolute atomic E-state index is 0.297. The van der Waals surface area contributed by atoms with Crippen molar-refractivity contribution in [3.8, 4) is 0 Å². The maximum Gasteiger partial charge on any atom is 0.308 e. The van der Waals surface area contributed by atoms with Gasteiger partial charge in [-0.1, -0.05) is 5.01 Å². The monoisotopic (exact) mass is 193 g/mol. The minimum Gasteiger partial charge on any atom is -0.710 e. The Morgan fingerprint density at radius 2 is 2.29 bits per heavy atom. The minimum atomic E-state index is 0.297. The molecule has 0 saturated carbocycles. The third kappa shape index (κ3) is 1.37. The van der Waals surface area contributed by atoms with Crippen LogP contribution in [0.3, 0.4) is 0 Å². The first-order valence-electron chi connectivity index (χ1n) is 4.31. The average Bonchev–Trinajstić information content (AvgIpc) is 2.63. The highest BCUT2D eigenvalue weighted by Crippen LogP contribution is 2.14. The first-order valence-corrected chi connectivity index (χ1v) is 4.31. The molecule has 0 spiro atoms. The summed E-state index contributed by atoms with van der Waals surface area (Å²) >= 11 is 0. The van der Waals surface area contributed by atoms with Crippen molar-refractivity contribution < 1.29 is 9.47 Å². The average molecular weight is 193 g/mol. The summed E-state index contributed by atoms with van der Waals surface area (Å²) in [5.41, 5.74) is 1.69. The van der Waals surface area contributed by atoms with Gasteiger partial charge in [-0.25, -0.2) is 4.73 Å². The third-order valence-electron chi connectivity index (χ3n) is 2.04. The molecule has 0 fully saturated rings. The van der Waals surface area contributed by atoms with E-state index in [1.807, 2.05) is 13.0 Å². The zero-order valence-corrected chi connectivity index (χ0v) is 8.10. The first kappa shape index (κ1) is 8.80. The second-order valence-corrected chi connectivity index (χ2v) is 3.24. The normalized spacial score (nSPS) is 14.6. The van der Waals surface area contributed by atoms with Crippen molar-refractivity contribution in [3.05, 3.63) is 28.6 Å². The van der Waals surface area contributed by atoms with Gasteiger partial charge in [0.1, 0.15) is 5.69 Å². The predicted octanol–water partition coefficient (Wildman–Crippen LogP) is 0.674. The van der Waals surface area contributed by atoms with Crippen LogP contribution in [0.5, 0.6) is 0 Å². The SMILES string of the molecule is Cc1cc(C)[n+]([O-])c(N2COC=N2)c1. The zero-order valence-electron chi connectivity index (χ0n) is 8.10. The molecule has 0 unspecified atom stereocenters. The largest absolute Gasteiger partial charge is 0.710 e. The molecule has 0 atom stereocenters. The van der Waals surface area contributed by atoms with Gasteiger partial charge in [0.15, 0.2) is 0 Å². The topological polar surface area (TPSA) is 51.8 Å². The standard InChI is InChI=1S/C9H11N3O2/c1-7-3-8(2)12(13)9(4-7)11-6-14-5-10-11/h3-5H,6H2,1-2H3. The second-order valence-electron chi connectivity index (χ2n) is 3.24. The first-order chi connectivity index (χ1) is 6.68. The molecule has 0 saturated heterocycles. The number of hydrogen-bond acceptors (Lipinski definition) is 4. The maximum atomic E-state index is 11.7. The van der Waals surface area contributed by atoms with E-state index >= 15 is 0 Å². The van der Waals surface area contributed by atoms with Crippen LogP contribution in [-0.2, 0) is 4.74 Å². The van der Waals surface area contributed by atoms with Crippen molar-refractivity contribution >= 4 is 12.2 Å². The van der Waals surface area contributed by atoms with Crippen LogP contribution >= 0.6 is 0 Å².